The Hall–Kier alpha value is -4.03. The van der Waals surface area contributed by atoms with Gasteiger partial charge < -0.3 is 9.84 Å². The summed E-state index contributed by atoms with van der Waals surface area (Å²) in [5, 5.41) is 11.9. The Labute approximate surface area is 176 Å². The molecule has 146 valence electrons. The van der Waals surface area contributed by atoms with E-state index in [1.165, 1.54) is 6.20 Å². The summed E-state index contributed by atoms with van der Waals surface area (Å²) in [5.41, 5.74) is 4.26. The molecule has 0 radical (unpaired) electrons. The molecule has 0 bridgehead atoms. The van der Waals surface area contributed by atoms with Gasteiger partial charge in [0.25, 0.3) is 0 Å². The van der Waals surface area contributed by atoms with Gasteiger partial charge in [0.15, 0.2) is 6.20 Å². The van der Waals surface area contributed by atoms with E-state index in [1.807, 2.05) is 48.5 Å². The van der Waals surface area contributed by atoms with E-state index >= 15 is 0 Å². The van der Waals surface area contributed by atoms with Crippen molar-refractivity contribution in [1.82, 2.24) is 0 Å². The highest BCUT2D eigenvalue weighted by Crippen LogP contribution is 2.43. The fourth-order valence-electron chi connectivity index (χ4n) is 3.61. The zero-order valence-corrected chi connectivity index (χ0v) is 16.7. The molecule has 0 fully saturated rings. The second-order valence-corrected chi connectivity index (χ2v) is 6.98. The minimum atomic E-state index is 0.235. The number of benzene rings is 4. The average Bonchev–Trinajstić information content (AvgIpc) is 2.78. The summed E-state index contributed by atoms with van der Waals surface area (Å²) >= 11 is 0. The zero-order valence-electron chi connectivity index (χ0n) is 16.7. The van der Waals surface area contributed by atoms with Gasteiger partial charge in [0.1, 0.15) is 17.2 Å². The van der Waals surface area contributed by atoms with Crippen molar-refractivity contribution in [3.05, 3.63) is 108 Å². The minimum absolute atomic E-state index is 0.235. The lowest BCUT2D eigenvalue weighted by molar-refractivity contribution is 0.475. The van der Waals surface area contributed by atoms with E-state index in [0.717, 1.165) is 50.9 Å². The molecular formula is C27H21NO2. The van der Waals surface area contributed by atoms with Crippen molar-refractivity contribution in [2.75, 3.05) is 0 Å². The maximum absolute atomic E-state index is 9.99. The topological polar surface area (TPSA) is 33.8 Å². The fourth-order valence-corrected chi connectivity index (χ4v) is 3.61. The average molecular weight is 391 g/mol. The molecule has 0 aliphatic rings. The van der Waals surface area contributed by atoms with Gasteiger partial charge in [0.2, 0.25) is 0 Å². The predicted molar refractivity (Wildman–Crippen MR) is 123 cm³/mol. The van der Waals surface area contributed by atoms with Crippen molar-refractivity contribution < 1.29 is 9.84 Å². The summed E-state index contributed by atoms with van der Waals surface area (Å²) in [6.45, 7) is 9.00. The molecule has 30 heavy (non-hydrogen) atoms. The highest BCUT2D eigenvalue weighted by Gasteiger charge is 2.17. The monoisotopic (exact) mass is 391 g/mol. The molecule has 4 aromatic carbocycles. The molecule has 0 saturated carbocycles. The van der Waals surface area contributed by atoms with Crippen molar-refractivity contribution in [1.29, 1.82) is 0 Å². The van der Waals surface area contributed by atoms with Crippen molar-refractivity contribution in [2.45, 2.75) is 13.3 Å². The first-order chi connectivity index (χ1) is 14.7. The van der Waals surface area contributed by atoms with Crippen molar-refractivity contribution >= 4 is 16.8 Å². The molecule has 0 heterocycles. The minimum Gasteiger partial charge on any atom is -0.508 e. The van der Waals surface area contributed by atoms with Gasteiger partial charge in [-0.25, -0.2) is 4.85 Å². The Morgan fingerprint density at radius 2 is 1.73 bits per heavy atom. The second kappa shape index (κ2) is 8.55. The molecule has 0 atom stereocenters. The Morgan fingerprint density at radius 3 is 2.43 bits per heavy atom. The van der Waals surface area contributed by atoms with Crippen LogP contribution in [0.15, 0.2) is 85.1 Å². The molecule has 0 unspecified atom stereocenters. The predicted octanol–water partition coefficient (Wildman–Crippen LogP) is 7.46. The summed E-state index contributed by atoms with van der Waals surface area (Å²) < 4.78 is 6.45. The summed E-state index contributed by atoms with van der Waals surface area (Å²) in [4.78, 5) is 3.24. The normalized spacial score (nSPS) is 10.9. The Morgan fingerprint density at radius 1 is 0.967 bits per heavy atom. The molecule has 0 spiro atoms. The van der Waals surface area contributed by atoms with Crippen LogP contribution >= 0.6 is 0 Å². The number of nitrogens with zero attached hydrogens (tertiary/aromatic N) is 1. The molecular weight excluding hydrogens is 370 g/mol. The Bertz CT molecular complexity index is 1250. The third kappa shape index (κ3) is 3.90. The van der Waals surface area contributed by atoms with Crippen molar-refractivity contribution in [2.24, 2.45) is 0 Å². The highest BCUT2D eigenvalue weighted by molar-refractivity contribution is 5.97. The number of hydrogen-bond acceptors (Lipinski definition) is 2. The van der Waals surface area contributed by atoms with Gasteiger partial charge in [-0.2, -0.15) is 0 Å². The molecule has 1 N–H and O–H groups in total. The van der Waals surface area contributed by atoms with Crippen LogP contribution in [0.5, 0.6) is 17.2 Å². The van der Waals surface area contributed by atoms with Gasteiger partial charge in [-0.15, -0.1) is 0 Å². The van der Waals surface area contributed by atoms with Crippen LogP contribution in [0.3, 0.4) is 0 Å². The molecule has 0 aliphatic heterocycles. The van der Waals surface area contributed by atoms with Crippen LogP contribution in [0.4, 0.5) is 0 Å². The third-order valence-corrected chi connectivity index (χ3v) is 5.04. The highest BCUT2D eigenvalue weighted by atomic mass is 16.5. The Balaban J connectivity index is 1.90. The van der Waals surface area contributed by atoms with E-state index in [2.05, 4.69) is 30.0 Å². The van der Waals surface area contributed by atoms with Crippen LogP contribution in [-0.4, -0.2) is 5.11 Å². The van der Waals surface area contributed by atoms with Crippen LogP contribution in [-0.2, 0) is 6.42 Å². The van der Waals surface area contributed by atoms with Gasteiger partial charge in [-0.05, 0) is 58.8 Å². The number of fused-ring (bicyclic) bond motifs is 1. The molecule has 4 aromatic rings. The number of phenolic OH excluding ortho intramolecular Hbond substituents is 1. The molecule has 3 nitrogen and oxygen atoms in total. The maximum atomic E-state index is 9.99. The summed E-state index contributed by atoms with van der Waals surface area (Å²) in [6.07, 6.45) is 4.04. The summed E-state index contributed by atoms with van der Waals surface area (Å²) in [7, 11) is 0. The van der Waals surface area contributed by atoms with E-state index in [1.54, 1.807) is 18.2 Å². The van der Waals surface area contributed by atoms with Crippen LogP contribution < -0.4 is 4.74 Å². The molecule has 4 rings (SSSR count). The number of hydrogen-bond donors (Lipinski definition) is 1. The lowest BCUT2D eigenvalue weighted by Gasteiger charge is -2.18. The van der Waals surface area contributed by atoms with E-state index in [4.69, 9.17) is 11.3 Å². The van der Waals surface area contributed by atoms with Gasteiger partial charge in [0, 0.05) is 10.9 Å². The van der Waals surface area contributed by atoms with Gasteiger partial charge >= 0.3 is 0 Å². The number of rotatable bonds is 5. The standard InChI is InChI=1S/C27H21NO2/c1-3-20-17-22-18-23(29)11-14-25(22)27(26(20)21-7-5-4-6-8-21)30-24-12-9-19(10-13-24)15-16-28-2/h4-18,29H,3H2,1H3/b16-15+. The van der Waals surface area contributed by atoms with E-state index in [-0.39, 0.29) is 5.75 Å². The van der Waals surface area contributed by atoms with Gasteiger partial charge in [-0.3, -0.25) is 0 Å². The summed E-state index contributed by atoms with van der Waals surface area (Å²) in [5.74, 6) is 1.73. The van der Waals surface area contributed by atoms with Crippen LogP contribution in [0.25, 0.3) is 32.8 Å². The van der Waals surface area contributed by atoms with Gasteiger partial charge in [-0.1, -0.05) is 61.5 Å². The first kappa shape index (κ1) is 19.3. The zero-order chi connectivity index (χ0) is 20.9. The number of phenols is 1. The largest absolute Gasteiger partial charge is 0.508 e. The smallest absolute Gasteiger partial charge is 0.154 e. The lowest BCUT2D eigenvalue weighted by atomic mass is 9.92. The van der Waals surface area contributed by atoms with E-state index in [9.17, 15) is 5.11 Å². The number of ether oxygens (including phenoxy) is 1. The number of aryl methyl sites for hydroxylation is 1. The first-order valence-electron chi connectivity index (χ1n) is 9.84. The first-order valence-corrected chi connectivity index (χ1v) is 9.84. The van der Waals surface area contributed by atoms with E-state index < -0.39 is 0 Å². The maximum Gasteiger partial charge on any atom is 0.154 e. The SMILES string of the molecule is [C-]#[N+]/C=C/c1ccc(Oc2c(-c3ccccc3)c(CC)cc3cc(O)ccc23)cc1. The molecule has 0 aliphatic carbocycles. The third-order valence-electron chi connectivity index (χ3n) is 5.04. The van der Waals surface area contributed by atoms with Crippen molar-refractivity contribution in [3.8, 4) is 28.4 Å². The molecule has 0 aromatic heterocycles. The molecule has 0 saturated heterocycles. The van der Waals surface area contributed by atoms with Crippen molar-refractivity contribution in [3.63, 3.8) is 0 Å². The van der Waals surface area contributed by atoms with Gasteiger partial charge in [0.05, 0.1) is 6.57 Å². The quantitative estimate of drug-likeness (QED) is 0.358. The summed E-state index contributed by atoms with van der Waals surface area (Å²) in [6, 6.07) is 25.4. The van der Waals surface area contributed by atoms with Crippen LogP contribution in [0, 0.1) is 6.57 Å². The molecule has 3 heteroatoms. The van der Waals surface area contributed by atoms with Crippen LogP contribution in [0.1, 0.15) is 18.1 Å². The fraction of sp³-hybridized carbons (Fsp3) is 0.0741. The van der Waals surface area contributed by atoms with Crippen LogP contribution in [0.2, 0.25) is 0 Å². The Kier molecular flexibility index (Phi) is 5.50. The lowest BCUT2D eigenvalue weighted by Crippen LogP contribution is -1.96. The van der Waals surface area contributed by atoms with E-state index in [0.29, 0.717) is 0 Å². The second-order valence-electron chi connectivity index (χ2n) is 6.98. The number of aromatic hydroxyl groups is 1. The molecule has 0 amide bonds.